The van der Waals surface area contributed by atoms with Crippen LogP contribution in [0.25, 0.3) is 5.57 Å². The van der Waals surface area contributed by atoms with Crippen LogP contribution in [0.5, 0.6) is 0 Å². The molecule has 2 aromatic rings. The second-order valence-corrected chi connectivity index (χ2v) is 7.14. The topological polar surface area (TPSA) is 32.5 Å². The number of halogens is 2. The minimum absolute atomic E-state index is 0.214. The summed E-state index contributed by atoms with van der Waals surface area (Å²) in [7, 11) is 0. The fraction of sp³-hybridized carbons (Fsp3) is 0.158. The zero-order valence-electron chi connectivity index (χ0n) is 13.3. The maximum atomic E-state index is 13.1. The number of fused-ring (bicyclic) bond motifs is 2. The van der Waals surface area contributed by atoms with E-state index in [0.29, 0.717) is 0 Å². The van der Waals surface area contributed by atoms with E-state index in [0.717, 1.165) is 40.1 Å². The van der Waals surface area contributed by atoms with Gasteiger partial charge in [0.15, 0.2) is 0 Å². The first-order valence-electron chi connectivity index (χ1n) is 7.77. The van der Waals surface area contributed by atoms with Gasteiger partial charge in [0.1, 0.15) is 5.82 Å². The summed E-state index contributed by atoms with van der Waals surface area (Å²) in [6, 6.07) is 10.8. The Morgan fingerprint density at radius 3 is 2.62 bits per heavy atom. The number of rotatable bonds is 1. The first kappa shape index (κ1) is 15.4. The third-order valence-corrected chi connectivity index (χ3v) is 4.96. The van der Waals surface area contributed by atoms with Crippen molar-refractivity contribution in [3.8, 4) is 0 Å². The molecular formula is C19H17BrFN3. The minimum Gasteiger partial charge on any atom is -0.362 e. The molecule has 3 nitrogen and oxygen atoms in total. The van der Waals surface area contributed by atoms with Crippen LogP contribution in [0.15, 0.2) is 58.8 Å². The molecule has 2 aliphatic rings. The Labute approximate surface area is 149 Å². The van der Waals surface area contributed by atoms with Crippen LogP contribution in [0.2, 0.25) is 0 Å². The number of hydrogen-bond acceptors (Lipinski definition) is 3. The van der Waals surface area contributed by atoms with Crippen molar-refractivity contribution in [2.75, 3.05) is 11.6 Å². The van der Waals surface area contributed by atoms with E-state index in [-0.39, 0.29) is 5.82 Å². The Balaban J connectivity index is 1.72. The minimum atomic E-state index is -0.214. The van der Waals surface area contributed by atoms with Gasteiger partial charge in [-0.2, -0.15) is 0 Å². The van der Waals surface area contributed by atoms with Crippen molar-refractivity contribution in [3.63, 3.8) is 0 Å². The lowest BCUT2D eigenvalue weighted by Gasteiger charge is -2.21. The second kappa shape index (κ2) is 5.76. The van der Waals surface area contributed by atoms with Crippen molar-refractivity contribution in [2.45, 2.75) is 13.5 Å². The molecule has 2 heterocycles. The van der Waals surface area contributed by atoms with Gasteiger partial charge >= 0.3 is 0 Å². The van der Waals surface area contributed by atoms with Gasteiger partial charge < -0.3 is 4.90 Å². The van der Waals surface area contributed by atoms with E-state index in [4.69, 9.17) is 5.84 Å². The number of hydrogen-bond donors (Lipinski definition) is 1. The summed E-state index contributed by atoms with van der Waals surface area (Å²) in [5.41, 5.74) is 6.66. The molecule has 5 heteroatoms. The number of anilines is 1. The fourth-order valence-electron chi connectivity index (χ4n) is 3.42. The van der Waals surface area contributed by atoms with Gasteiger partial charge in [-0.1, -0.05) is 28.1 Å². The van der Waals surface area contributed by atoms with Gasteiger partial charge in [-0.25, -0.2) is 10.2 Å². The molecule has 0 aliphatic carbocycles. The van der Waals surface area contributed by atoms with Crippen molar-refractivity contribution in [2.24, 2.45) is 5.84 Å². The van der Waals surface area contributed by atoms with E-state index in [9.17, 15) is 4.39 Å². The van der Waals surface area contributed by atoms with Crippen LogP contribution in [0, 0.1) is 12.7 Å². The molecule has 0 saturated heterocycles. The largest absolute Gasteiger partial charge is 0.362 e. The van der Waals surface area contributed by atoms with Crippen LogP contribution in [-0.4, -0.2) is 11.4 Å². The van der Waals surface area contributed by atoms with Crippen LogP contribution >= 0.6 is 15.9 Å². The molecule has 0 aromatic heterocycles. The molecule has 0 radical (unpaired) electrons. The maximum absolute atomic E-state index is 13.1. The predicted octanol–water partition coefficient (Wildman–Crippen LogP) is 4.33. The number of allylic oxidation sites excluding steroid dienone is 1. The van der Waals surface area contributed by atoms with Gasteiger partial charge in [0.05, 0.1) is 11.4 Å². The molecule has 0 saturated carbocycles. The van der Waals surface area contributed by atoms with E-state index in [1.807, 2.05) is 18.3 Å². The second-order valence-electron chi connectivity index (χ2n) is 6.22. The summed E-state index contributed by atoms with van der Waals surface area (Å²) in [5, 5.41) is 1.70. The Kier molecular flexibility index (Phi) is 3.70. The van der Waals surface area contributed by atoms with Gasteiger partial charge in [-0.3, -0.25) is 5.01 Å². The Morgan fingerprint density at radius 2 is 1.88 bits per heavy atom. The first-order chi connectivity index (χ1) is 11.5. The van der Waals surface area contributed by atoms with Crippen LogP contribution in [0.1, 0.15) is 16.7 Å². The molecule has 2 aromatic carbocycles. The smallest absolute Gasteiger partial charge is 0.123 e. The van der Waals surface area contributed by atoms with E-state index >= 15 is 0 Å². The van der Waals surface area contributed by atoms with Crippen molar-refractivity contribution in [3.05, 3.63) is 81.4 Å². The highest BCUT2D eigenvalue weighted by Crippen LogP contribution is 2.36. The number of benzene rings is 2. The molecule has 0 fully saturated rings. The van der Waals surface area contributed by atoms with Crippen LogP contribution < -0.4 is 10.9 Å². The van der Waals surface area contributed by atoms with E-state index < -0.39 is 0 Å². The molecule has 4 rings (SSSR count). The summed E-state index contributed by atoms with van der Waals surface area (Å²) in [5.74, 6) is 6.08. The molecule has 0 atom stereocenters. The van der Waals surface area contributed by atoms with Gasteiger partial charge in [0, 0.05) is 23.8 Å². The summed E-state index contributed by atoms with van der Waals surface area (Å²) >= 11 is 3.57. The number of nitrogens with zero attached hydrogens (tertiary/aromatic N) is 2. The molecular weight excluding hydrogens is 369 g/mol. The molecule has 2 aliphatic heterocycles. The van der Waals surface area contributed by atoms with E-state index in [1.165, 1.54) is 23.3 Å². The monoisotopic (exact) mass is 385 g/mol. The molecule has 122 valence electrons. The van der Waals surface area contributed by atoms with Crippen molar-refractivity contribution >= 4 is 27.2 Å². The zero-order valence-corrected chi connectivity index (χ0v) is 14.8. The average molecular weight is 386 g/mol. The van der Waals surface area contributed by atoms with Crippen LogP contribution in [0.4, 0.5) is 10.1 Å². The van der Waals surface area contributed by atoms with E-state index in [1.54, 1.807) is 5.01 Å². The van der Waals surface area contributed by atoms with Crippen molar-refractivity contribution in [1.29, 1.82) is 0 Å². The first-order valence-corrected chi connectivity index (χ1v) is 8.57. The summed E-state index contributed by atoms with van der Waals surface area (Å²) in [6.07, 6.45) is 4.09. The third kappa shape index (κ3) is 2.64. The van der Waals surface area contributed by atoms with Crippen LogP contribution in [-0.2, 0) is 6.54 Å². The predicted molar refractivity (Wildman–Crippen MR) is 98.4 cm³/mol. The highest BCUT2D eigenvalue weighted by atomic mass is 79.9. The standard InChI is InChI=1S/C19H17BrFN3/c1-12-6-16(20)7-15-10-23-9-14(13-2-4-17(21)5-3-13)8-18(23)11-24(22)19(12)15/h2-8,11H,9-10,22H2,1H3. The molecule has 2 N–H and O–H groups in total. The van der Waals surface area contributed by atoms with Gasteiger partial charge in [0.2, 0.25) is 0 Å². The average Bonchev–Trinajstić information content (AvgIpc) is 2.84. The normalized spacial score (nSPS) is 16.3. The summed E-state index contributed by atoms with van der Waals surface area (Å²) in [4.78, 5) is 2.29. The molecule has 0 spiro atoms. The molecule has 0 unspecified atom stereocenters. The van der Waals surface area contributed by atoms with Gasteiger partial charge in [-0.05, 0) is 59.5 Å². The lowest BCUT2D eigenvalue weighted by Crippen LogP contribution is -2.25. The zero-order chi connectivity index (χ0) is 16.8. The summed E-state index contributed by atoms with van der Waals surface area (Å²) < 4.78 is 14.2. The summed E-state index contributed by atoms with van der Waals surface area (Å²) in [6.45, 7) is 3.64. The number of aryl methyl sites for hydroxylation is 1. The molecule has 0 amide bonds. The van der Waals surface area contributed by atoms with E-state index in [2.05, 4.69) is 46.0 Å². The number of hydrazine groups is 1. The molecule has 24 heavy (non-hydrogen) atoms. The Bertz CT molecular complexity index is 871. The SMILES string of the molecule is Cc1cc(Br)cc2c1N(N)C=C1C=C(c3ccc(F)cc3)CN1C2. The third-order valence-electron chi connectivity index (χ3n) is 4.50. The van der Waals surface area contributed by atoms with Gasteiger partial charge in [-0.15, -0.1) is 0 Å². The Morgan fingerprint density at radius 1 is 1.12 bits per heavy atom. The molecule has 0 bridgehead atoms. The van der Waals surface area contributed by atoms with Crippen molar-refractivity contribution < 1.29 is 4.39 Å². The highest BCUT2D eigenvalue weighted by molar-refractivity contribution is 9.10. The highest BCUT2D eigenvalue weighted by Gasteiger charge is 2.25. The fourth-order valence-corrected chi connectivity index (χ4v) is 4.04. The maximum Gasteiger partial charge on any atom is 0.123 e. The van der Waals surface area contributed by atoms with Crippen molar-refractivity contribution in [1.82, 2.24) is 4.90 Å². The number of nitrogens with two attached hydrogens (primary N) is 1. The van der Waals surface area contributed by atoms with Gasteiger partial charge in [0.25, 0.3) is 0 Å². The lowest BCUT2D eigenvalue weighted by molar-refractivity contribution is 0.406. The van der Waals surface area contributed by atoms with Crippen LogP contribution in [0.3, 0.4) is 0 Å². The lowest BCUT2D eigenvalue weighted by atomic mass is 10.1. The Hall–Kier alpha value is -2.11. The quantitative estimate of drug-likeness (QED) is 0.741.